The molecule has 0 amide bonds. The van der Waals surface area contributed by atoms with Crippen LogP contribution in [0, 0.1) is 0 Å². The molecule has 0 saturated heterocycles. The van der Waals surface area contributed by atoms with Gasteiger partial charge in [-0.15, -0.1) is 11.3 Å². The molecule has 3 aromatic rings. The van der Waals surface area contributed by atoms with E-state index in [9.17, 15) is 0 Å². The molecular formula is C17H14S. The fourth-order valence-electron chi connectivity index (χ4n) is 2.35. The number of hydrogen-bond acceptors (Lipinski definition) is 1. The normalized spacial score (nSPS) is 11.6. The van der Waals surface area contributed by atoms with Gasteiger partial charge in [-0.2, -0.15) is 0 Å². The van der Waals surface area contributed by atoms with Crippen LogP contribution in [0.1, 0.15) is 17.4 Å². The van der Waals surface area contributed by atoms with Crippen molar-refractivity contribution in [3.63, 3.8) is 0 Å². The van der Waals surface area contributed by atoms with Gasteiger partial charge in [0.1, 0.15) is 0 Å². The van der Waals surface area contributed by atoms with Crippen molar-refractivity contribution in [1.29, 1.82) is 0 Å². The van der Waals surface area contributed by atoms with E-state index in [0.717, 1.165) is 0 Å². The van der Waals surface area contributed by atoms with E-state index >= 15 is 0 Å². The quantitative estimate of drug-likeness (QED) is 0.544. The minimum Gasteiger partial charge on any atom is -0.135 e. The van der Waals surface area contributed by atoms with Crippen molar-refractivity contribution < 1.29 is 0 Å². The zero-order valence-electron chi connectivity index (χ0n) is 10.3. The highest BCUT2D eigenvalue weighted by molar-refractivity contribution is 7.21. The number of thiophene rings is 1. The van der Waals surface area contributed by atoms with Gasteiger partial charge in [0.15, 0.2) is 0 Å². The lowest BCUT2D eigenvalue weighted by molar-refractivity contribution is 1.77. The van der Waals surface area contributed by atoms with Gasteiger partial charge in [-0.05, 0) is 29.3 Å². The second kappa shape index (κ2) is 4.43. The van der Waals surface area contributed by atoms with Gasteiger partial charge in [0.25, 0.3) is 0 Å². The Morgan fingerprint density at radius 1 is 1.06 bits per heavy atom. The van der Waals surface area contributed by atoms with Gasteiger partial charge in [-0.3, -0.25) is 0 Å². The van der Waals surface area contributed by atoms with Gasteiger partial charge < -0.3 is 0 Å². The molecule has 0 aliphatic carbocycles. The molecule has 88 valence electrons. The molecule has 0 spiro atoms. The van der Waals surface area contributed by atoms with Gasteiger partial charge in [-0.25, -0.2) is 0 Å². The van der Waals surface area contributed by atoms with Crippen LogP contribution >= 0.6 is 11.3 Å². The number of allylic oxidation sites excluding steroid dienone is 1. The fourth-order valence-corrected chi connectivity index (χ4v) is 3.66. The molecule has 0 atom stereocenters. The molecule has 3 rings (SSSR count). The summed E-state index contributed by atoms with van der Waals surface area (Å²) in [6, 6.07) is 12.9. The van der Waals surface area contributed by atoms with Crippen LogP contribution in [0.25, 0.3) is 33.0 Å². The highest BCUT2D eigenvalue weighted by Crippen LogP contribution is 2.37. The Morgan fingerprint density at radius 2 is 1.89 bits per heavy atom. The molecule has 0 fully saturated rings. The van der Waals surface area contributed by atoms with Gasteiger partial charge in [0, 0.05) is 15.0 Å². The molecule has 2 aromatic carbocycles. The third-order valence-electron chi connectivity index (χ3n) is 3.17. The summed E-state index contributed by atoms with van der Waals surface area (Å²) in [6.07, 6.45) is 6.21. The number of rotatable bonds is 2. The van der Waals surface area contributed by atoms with Crippen molar-refractivity contribution >= 4 is 44.3 Å². The van der Waals surface area contributed by atoms with Crippen molar-refractivity contribution in [1.82, 2.24) is 0 Å². The molecule has 0 N–H and O–H groups in total. The smallest absolute Gasteiger partial charge is 0.0433 e. The zero-order valence-corrected chi connectivity index (χ0v) is 11.1. The molecular weight excluding hydrogens is 236 g/mol. The lowest BCUT2D eigenvalue weighted by Gasteiger charge is -1.99. The summed E-state index contributed by atoms with van der Waals surface area (Å²) in [5.74, 6) is 0. The molecule has 18 heavy (non-hydrogen) atoms. The molecule has 0 bridgehead atoms. The summed E-state index contributed by atoms with van der Waals surface area (Å²) < 4.78 is 1.36. The molecule has 0 aliphatic rings. The van der Waals surface area contributed by atoms with Gasteiger partial charge >= 0.3 is 0 Å². The Morgan fingerprint density at radius 3 is 2.67 bits per heavy atom. The lowest BCUT2D eigenvalue weighted by atomic mass is 10.0. The lowest BCUT2D eigenvalue weighted by Crippen LogP contribution is -1.74. The van der Waals surface area contributed by atoms with Crippen LogP contribution in [-0.4, -0.2) is 0 Å². The average Bonchev–Trinajstić information content (AvgIpc) is 2.77. The largest absolute Gasteiger partial charge is 0.135 e. The van der Waals surface area contributed by atoms with Crippen molar-refractivity contribution in [3.05, 3.63) is 59.5 Å². The first-order chi connectivity index (χ1) is 8.85. The molecule has 0 unspecified atom stereocenters. The fraction of sp³-hybridized carbons (Fsp3) is 0.0588. The van der Waals surface area contributed by atoms with E-state index in [4.69, 9.17) is 0 Å². The minimum absolute atomic E-state index is 1.25. The first-order valence-corrected chi connectivity index (χ1v) is 6.86. The van der Waals surface area contributed by atoms with Crippen molar-refractivity contribution in [2.75, 3.05) is 0 Å². The van der Waals surface area contributed by atoms with E-state index in [0.29, 0.717) is 0 Å². The number of fused-ring (bicyclic) bond motifs is 3. The predicted octanol–water partition coefficient (Wildman–Crippen LogP) is 5.73. The van der Waals surface area contributed by atoms with E-state index in [1.165, 1.54) is 31.3 Å². The molecule has 1 aromatic heterocycles. The van der Waals surface area contributed by atoms with Crippen molar-refractivity contribution in [2.45, 2.75) is 6.92 Å². The first kappa shape index (κ1) is 11.2. The van der Waals surface area contributed by atoms with Crippen LogP contribution < -0.4 is 0 Å². The Bertz CT molecular complexity index is 760. The predicted molar refractivity (Wildman–Crippen MR) is 84.1 cm³/mol. The van der Waals surface area contributed by atoms with E-state index in [1.807, 2.05) is 17.4 Å². The highest BCUT2D eigenvalue weighted by atomic mass is 32.1. The second-order valence-corrected chi connectivity index (χ2v) is 5.30. The summed E-state index contributed by atoms with van der Waals surface area (Å²) >= 11 is 1.84. The highest BCUT2D eigenvalue weighted by Gasteiger charge is 2.09. The third-order valence-corrected chi connectivity index (χ3v) is 4.39. The van der Waals surface area contributed by atoms with Crippen LogP contribution in [0.15, 0.2) is 49.1 Å². The summed E-state index contributed by atoms with van der Waals surface area (Å²) in [6.45, 7) is 6.00. The number of hydrogen-bond donors (Lipinski definition) is 0. The topological polar surface area (TPSA) is 0 Å². The molecule has 0 nitrogen and oxygen atoms in total. The van der Waals surface area contributed by atoms with Gasteiger partial charge in [-0.1, -0.05) is 55.1 Å². The second-order valence-electron chi connectivity index (χ2n) is 4.25. The van der Waals surface area contributed by atoms with Crippen LogP contribution in [0.4, 0.5) is 0 Å². The standard InChI is InChI=1S/C17H14S/c1-3-7-16-13(4-2)15-11-10-12-8-5-6-9-14(12)17(15)18-16/h3-11H,2H2,1H3/b7-3-. The molecule has 0 radical (unpaired) electrons. The van der Waals surface area contributed by atoms with Gasteiger partial charge in [0.2, 0.25) is 0 Å². The SMILES string of the molecule is C=Cc1c(/C=C\C)sc2c1ccc1ccccc12. The maximum atomic E-state index is 3.95. The van der Waals surface area contributed by atoms with Crippen molar-refractivity contribution in [3.8, 4) is 0 Å². The summed E-state index contributed by atoms with van der Waals surface area (Å²) in [5.41, 5.74) is 1.25. The summed E-state index contributed by atoms with van der Waals surface area (Å²) in [4.78, 5) is 1.29. The van der Waals surface area contributed by atoms with Gasteiger partial charge in [0.05, 0.1) is 0 Å². The van der Waals surface area contributed by atoms with E-state index in [2.05, 4.69) is 62.1 Å². The zero-order chi connectivity index (χ0) is 12.5. The molecule has 0 aliphatic heterocycles. The Labute approximate surface area is 111 Å². The van der Waals surface area contributed by atoms with E-state index in [-0.39, 0.29) is 0 Å². The Hall–Kier alpha value is -1.86. The first-order valence-electron chi connectivity index (χ1n) is 6.04. The van der Waals surface area contributed by atoms with Crippen LogP contribution in [0.5, 0.6) is 0 Å². The van der Waals surface area contributed by atoms with E-state index in [1.54, 1.807) is 0 Å². The van der Waals surface area contributed by atoms with Crippen molar-refractivity contribution in [2.24, 2.45) is 0 Å². The summed E-state index contributed by atoms with van der Waals surface area (Å²) in [7, 11) is 0. The van der Waals surface area contributed by atoms with Crippen LogP contribution in [0.3, 0.4) is 0 Å². The Kier molecular flexibility index (Phi) is 2.77. The molecule has 1 heterocycles. The maximum absolute atomic E-state index is 3.95. The molecule has 0 saturated carbocycles. The van der Waals surface area contributed by atoms with Crippen LogP contribution in [0.2, 0.25) is 0 Å². The average molecular weight is 250 g/mol. The minimum atomic E-state index is 1.25. The van der Waals surface area contributed by atoms with E-state index < -0.39 is 0 Å². The van der Waals surface area contributed by atoms with Crippen LogP contribution in [-0.2, 0) is 0 Å². The third kappa shape index (κ3) is 1.59. The summed E-state index contributed by atoms with van der Waals surface area (Å²) in [5, 5.41) is 3.94. The monoisotopic (exact) mass is 250 g/mol. The molecule has 1 heteroatoms. The number of benzene rings is 2. The Balaban J connectivity index is 2.48. The maximum Gasteiger partial charge on any atom is 0.0433 e.